The predicted molar refractivity (Wildman–Crippen MR) is 66.2 cm³/mol. The van der Waals surface area contributed by atoms with Crippen LogP contribution in [0.15, 0.2) is 22.1 Å². The minimum atomic E-state index is -0.879. The number of hydrogen-bond acceptors (Lipinski definition) is 5. The highest BCUT2D eigenvalue weighted by molar-refractivity contribution is 7.99. The zero-order valence-corrected chi connectivity index (χ0v) is 10.9. The number of carboxylic acids is 1. The Labute approximate surface area is 105 Å². The molecule has 6 heteroatoms. The second-order valence-corrected chi connectivity index (χ2v) is 5.01. The molecule has 1 rings (SSSR count). The topological polar surface area (TPSA) is 75.4 Å². The number of nitrogens with zero attached hydrogens (tertiary/aromatic N) is 1. The molecule has 0 radical (unpaired) electrons. The van der Waals surface area contributed by atoms with Crippen molar-refractivity contribution in [1.82, 2.24) is 10.3 Å². The van der Waals surface area contributed by atoms with Gasteiger partial charge in [0.05, 0.1) is 6.20 Å². The van der Waals surface area contributed by atoms with E-state index >= 15 is 0 Å². The van der Waals surface area contributed by atoms with Gasteiger partial charge in [-0.2, -0.15) is 0 Å². The molecule has 0 saturated carbocycles. The normalized spacial score (nSPS) is 14.5. The van der Waals surface area contributed by atoms with Gasteiger partial charge in [-0.25, -0.2) is 4.98 Å². The number of thioether (sulfide) groups is 1. The van der Waals surface area contributed by atoms with Crippen molar-refractivity contribution in [2.24, 2.45) is 0 Å². The van der Waals surface area contributed by atoms with Crippen LogP contribution >= 0.6 is 11.8 Å². The van der Waals surface area contributed by atoms with Gasteiger partial charge in [-0.05, 0) is 26.3 Å². The van der Waals surface area contributed by atoms with Crippen molar-refractivity contribution in [2.75, 3.05) is 12.3 Å². The summed E-state index contributed by atoms with van der Waals surface area (Å²) in [6.07, 6.45) is 4.52. The standard InChI is InChI=1S/C11H18N2O3S/c1-3-5-13-11(2,9(14)15)4-8-17-10-12-6-7-16-10/h6-7,13H,3-5,8H2,1-2H3,(H,14,15). The van der Waals surface area contributed by atoms with Gasteiger partial charge in [-0.15, -0.1) is 0 Å². The van der Waals surface area contributed by atoms with E-state index in [2.05, 4.69) is 10.3 Å². The minimum Gasteiger partial charge on any atom is -0.480 e. The number of nitrogens with one attached hydrogen (secondary N) is 1. The van der Waals surface area contributed by atoms with Gasteiger partial charge in [-0.1, -0.05) is 18.7 Å². The summed E-state index contributed by atoms with van der Waals surface area (Å²) in [6.45, 7) is 4.42. The van der Waals surface area contributed by atoms with Gasteiger partial charge in [0.15, 0.2) is 0 Å². The van der Waals surface area contributed by atoms with Crippen molar-refractivity contribution in [3.63, 3.8) is 0 Å². The summed E-state index contributed by atoms with van der Waals surface area (Å²) in [7, 11) is 0. The summed E-state index contributed by atoms with van der Waals surface area (Å²) in [5.41, 5.74) is -0.879. The van der Waals surface area contributed by atoms with Crippen molar-refractivity contribution >= 4 is 17.7 Å². The Morgan fingerprint density at radius 2 is 2.47 bits per heavy atom. The Bertz CT molecular complexity index is 342. The van der Waals surface area contributed by atoms with E-state index in [1.807, 2.05) is 6.92 Å². The second kappa shape index (κ2) is 6.66. The van der Waals surface area contributed by atoms with Crippen LogP contribution < -0.4 is 5.32 Å². The Kier molecular flexibility index (Phi) is 5.50. The molecule has 0 bridgehead atoms. The molecule has 0 aliphatic rings. The maximum Gasteiger partial charge on any atom is 0.323 e. The van der Waals surface area contributed by atoms with Crippen LogP contribution in [-0.2, 0) is 4.79 Å². The SMILES string of the molecule is CCCNC(C)(CCSc1ncco1)C(=O)O. The molecule has 5 nitrogen and oxygen atoms in total. The van der Waals surface area contributed by atoms with E-state index in [0.29, 0.717) is 23.9 Å². The first kappa shape index (κ1) is 14.1. The van der Waals surface area contributed by atoms with Crippen LogP contribution in [0.2, 0.25) is 0 Å². The van der Waals surface area contributed by atoms with Gasteiger partial charge in [0.2, 0.25) is 0 Å². The first-order chi connectivity index (χ1) is 8.08. The Morgan fingerprint density at radius 1 is 1.71 bits per heavy atom. The van der Waals surface area contributed by atoms with E-state index in [1.54, 1.807) is 13.1 Å². The van der Waals surface area contributed by atoms with Gasteiger partial charge < -0.3 is 14.8 Å². The largest absolute Gasteiger partial charge is 0.480 e. The van der Waals surface area contributed by atoms with Crippen LogP contribution in [0.5, 0.6) is 0 Å². The summed E-state index contributed by atoms with van der Waals surface area (Å²) in [5.74, 6) is -0.168. The van der Waals surface area contributed by atoms with E-state index in [0.717, 1.165) is 6.42 Å². The quantitative estimate of drug-likeness (QED) is 0.695. The zero-order chi connectivity index (χ0) is 12.7. The third kappa shape index (κ3) is 4.40. The molecule has 0 amide bonds. The van der Waals surface area contributed by atoms with Crippen molar-refractivity contribution in [1.29, 1.82) is 0 Å². The molecule has 1 heterocycles. The number of aliphatic carboxylic acids is 1. The molecule has 1 aromatic heterocycles. The number of aromatic nitrogens is 1. The highest BCUT2D eigenvalue weighted by Gasteiger charge is 2.31. The highest BCUT2D eigenvalue weighted by atomic mass is 32.2. The fourth-order valence-corrected chi connectivity index (χ4v) is 2.24. The molecule has 1 unspecified atom stereocenters. The number of carbonyl (C=O) groups is 1. The van der Waals surface area contributed by atoms with Crippen LogP contribution in [0.1, 0.15) is 26.7 Å². The third-order valence-corrected chi connectivity index (χ3v) is 3.33. The van der Waals surface area contributed by atoms with Gasteiger partial charge in [-0.3, -0.25) is 4.79 Å². The van der Waals surface area contributed by atoms with Gasteiger partial charge in [0.25, 0.3) is 5.22 Å². The van der Waals surface area contributed by atoms with Gasteiger partial charge in [0, 0.05) is 5.75 Å². The fraction of sp³-hybridized carbons (Fsp3) is 0.636. The Hall–Kier alpha value is -1.01. The highest BCUT2D eigenvalue weighted by Crippen LogP contribution is 2.20. The monoisotopic (exact) mass is 258 g/mol. The molecule has 0 fully saturated rings. The molecular weight excluding hydrogens is 240 g/mol. The first-order valence-corrected chi connectivity index (χ1v) is 6.58. The van der Waals surface area contributed by atoms with Crippen LogP contribution in [0.4, 0.5) is 0 Å². The lowest BCUT2D eigenvalue weighted by Crippen LogP contribution is -2.50. The van der Waals surface area contributed by atoms with Crippen molar-refractivity contribution < 1.29 is 14.3 Å². The van der Waals surface area contributed by atoms with Crippen molar-refractivity contribution in [2.45, 2.75) is 37.5 Å². The Morgan fingerprint density at radius 3 is 3.00 bits per heavy atom. The molecule has 1 aromatic rings. The van der Waals surface area contributed by atoms with Crippen molar-refractivity contribution in [3.8, 4) is 0 Å². The number of rotatable bonds is 8. The molecule has 0 saturated heterocycles. The molecule has 1 atom stereocenters. The average molecular weight is 258 g/mol. The van der Waals surface area contributed by atoms with Gasteiger partial charge in [0.1, 0.15) is 11.8 Å². The summed E-state index contributed by atoms with van der Waals surface area (Å²) in [4.78, 5) is 15.2. The lowest BCUT2D eigenvalue weighted by Gasteiger charge is -2.25. The molecule has 0 aromatic carbocycles. The van der Waals surface area contributed by atoms with Crippen LogP contribution in [0.25, 0.3) is 0 Å². The summed E-state index contributed by atoms with van der Waals surface area (Å²) in [6, 6.07) is 0. The first-order valence-electron chi connectivity index (χ1n) is 5.59. The van der Waals surface area contributed by atoms with Crippen molar-refractivity contribution in [3.05, 3.63) is 12.5 Å². The lowest BCUT2D eigenvalue weighted by atomic mass is 9.99. The predicted octanol–water partition coefficient (Wildman–Crippen LogP) is 2.00. The molecule has 0 aliphatic carbocycles. The third-order valence-electron chi connectivity index (χ3n) is 2.47. The molecule has 17 heavy (non-hydrogen) atoms. The van der Waals surface area contributed by atoms with E-state index in [4.69, 9.17) is 4.42 Å². The fourth-order valence-electron chi connectivity index (χ4n) is 1.30. The van der Waals surface area contributed by atoms with E-state index in [-0.39, 0.29) is 0 Å². The van der Waals surface area contributed by atoms with Crippen LogP contribution in [0.3, 0.4) is 0 Å². The maximum atomic E-state index is 11.2. The van der Waals surface area contributed by atoms with Crippen LogP contribution in [-0.4, -0.2) is 33.9 Å². The molecule has 0 aliphatic heterocycles. The minimum absolute atomic E-state index is 0.523. The average Bonchev–Trinajstić information content (AvgIpc) is 2.79. The zero-order valence-electron chi connectivity index (χ0n) is 10.1. The summed E-state index contributed by atoms with van der Waals surface area (Å²) < 4.78 is 5.07. The molecular formula is C11H18N2O3S. The van der Waals surface area contributed by atoms with E-state index < -0.39 is 11.5 Å². The smallest absolute Gasteiger partial charge is 0.323 e. The number of oxazole rings is 1. The molecule has 96 valence electrons. The van der Waals surface area contributed by atoms with Gasteiger partial charge >= 0.3 is 5.97 Å². The van der Waals surface area contributed by atoms with E-state index in [1.165, 1.54) is 18.0 Å². The molecule has 2 N–H and O–H groups in total. The summed E-state index contributed by atoms with van der Waals surface area (Å²) in [5, 5.41) is 12.8. The lowest BCUT2D eigenvalue weighted by molar-refractivity contribution is -0.144. The number of carboxylic acid groups (broad SMARTS) is 1. The summed E-state index contributed by atoms with van der Waals surface area (Å²) >= 11 is 1.42. The maximum absolute atomic E-state index is 11.2. The Balaban J connectivity index is 2.41. The second-order valence-electron chi connectivity index (χ2n) is 3.96. The van der Waals surface area contributed by atoms with Crippen LogP contribution in [0, 0.1) is 0 Å². The molecule has 0 spiro atoms. The van der Waals surface area contributed by atoms with E-state index in [9.17, 15) is 9.90 Å². The number of hydrogen-bond donors (Lipinski definition) is 2.